The van der Waals surface area contributed by atoms with Crippen LogP contribution < -0.4 is 16.8 Å². The summed E-state index contributed by atoms with van der Waals surface area (Å²) in [6.07, 6.45) is 5.63. The fourth-order valence-electron chi connectivity index (χ4n) is 5.32. The van der Waals surface area contributed by atoms with Crippen molar-refractivity contribution in [1.29, 1.82) is 0 Å². The van der Waals surface area contributed by atoms with Gasteiger partial charge in [-0.1, -0.05) is 60.7 Å². The van der Waals surface area contributed by atoms with Crippen LogP contribution in [0.2, 0.25) is 0 Å². The summed E-state index contributed by atoms with van der Waals surface area (Å²) in [4.78, 5) is 28.3. The molecule has 1 saturated carbocycles. The van der Waals surface area contributed by atoms with Crippen LogP contribution in [0.15, 0.2) is 60.7 Å². The Hall–Kier alpha value is -2.70. The van der Waals surface area contributed by atoms with Crippen molar-refractivity contribution in [2.45, 2.75) is 62.6 Å². The van der Waals surface area contributed by atoms with Gasteiger partial charge in [0.15, 0.2) is 0 Å². The Kier molecular flexibility index (Phi) is 7.78. The van der Waals surface area contributed by atoms with E-state index in [-0.39, 0.29) is 17.7 Å². The van der Waals surface area contributed by atoms with Crippen LogP contribution >= 0.6 is 0 Å². The third kappa shape index (κ3) is 5.63. The highest BCUT2D eigenvalue weighted by molar-refractivity contribution is 5.91. The second-order valence-corrected chi connectivity index (χ2v) is 9.54. The number of hydrogen-bond donors (Lipinski definition) is 3. The van der Waals surface area contributed by atoms with Crippen LogP contribution in [0.3, 0.4) is 0 Å². The number of likely N-dealkylation sites (tertiary alicyclic amines) is 1. The number of benzene rings is 2. The van der Waals surface area contributed by atoms with Crippen molar-refractivity contribution in [2.24, 2.45) is 17.4 Å². The largest absolute Gasteiger partial charge is 0.354 e. The van der Waals surface area contributed by atoms with E-state index in [4.69, 9.17) is 11.5 Å². The van der Waals surface area contributed by atoms with E-state index in [1.807, 2.05) is 60.7 Å². The Morgan fingerprint density at radius 3 is 2.06 bits per heavy atom. The van der Waals surface area contributed by atoms with Crippen LogP contribution in [0.5, 0.6) is 0 Å². The van der Waals surface area contributed by atoms with E-state index < -0.39 is 12.1 Å². The predicted octanol–water partition coefficient (Wildman–Crippen LogP) is 2.77. The minimum atomic E-state index is -0.761. The van der Waals surface area contributed by atoms with Crippen molar-refractivity contribution < 1.29 is 9.59 Å². The molecule has 6 nitrogen and oxygen atoms in total. The summed E-state index contributed by atoms with van der Waals surface area (Å²) in [5.74, 6) is -0.00866. The maximum atomic E-state index is 13.6. The Bertz CT molecular complexity index is 873. The lowest BCUT2D eigenvalue weighted by atomic mass is 9.84. The van der Waals surface area contributed by atoms with Gasteiger partial charge in [-0.3, -0.25) is 9.59 Å². The molecule has 2 aromatic carbocycles. The average Bonchev–Trinajstić information content (AvgIpc) is 3.34. The maximum absolute atomic E-state index is 13.6. The van der Waals surface area contributed by atoms with Gasteiger partial charge in [-0.25, -0.2) is 0 Å². The van der Waals surface area contributed by atoms with E-state index in [9.17, 15) is 9.59 Å². The van der Waals surface area contributed by atoms with Gasteiger partial charge < -0.3 is 21.7 Å². The first-order chi connectivity index (χ1) is 16.0. The number of amides is 2. The molecule has 2 aliphatic rings. The molecule has 1 aliphatic carbocycles. The fourth-order valence-corrected chi connectivity index (χ4v) is 5.32. The zero-order chi connectivity index (χ0) is 23.2. The second kappa shape index (κ2) is 10.9. The topological polar surface area (TPSA) is 101 Å². The number of nitrogens with two attached hydrogens (primary N) is 2. The van der Waals surface area contributed by atoms with Crippen LogP contribution in [0.1, 0.15) is 55.6 Å². The molecule has 4 rings (SSSR count). The molecule has 0 radical (unpaired) electrons. The lowest BCUT2D eigenvalue weighted by Gasteiger charge is -2.31. The first-order valence-corrected chi connectivity index (χ1v) is 12.2. The van der Waals surface area contributed by atoms with Crippen molar-refractivity contribution >= 4 is 11.8 Å². The molecule has 176 valence electrons. The van der Waals surface area contributed by atoms with Gasteiger partial charge >= 0.3 is 0 Å². The lowest BCUT2D eigenvalue weighted by Crippen LogP contribution is -2.53. The molecule has 1 heterocycles. The van der Waals surface area contributed by atoms with Crippen molar-refractivity contribution in [3.8, 4) is 0 Å². The molecule has 2 fully saturated rings. The minimum absolute atomic E-state index is 0.0566. The molecule has 2 amide bonds. The van der Waals surface area contributed by atoms with Gasteiger partial charge in [-0.15, -0.1) is 0 Å². The summed E-state index contributed by atoms with van der Waals surface area (Å²) in [6.45, 7) is 1.23. The first kappa shape index (κ1) is 23.5. The Labute approximate surface area is 196 Å². The van der Waals surface area contributed by atoms with E-state index >= 15 is 0 Å². The third-order valence-corrected chi connectivity index (χ3v) is 7.26. The summed E-state index contributed by atoms with van der Waals surface area (Å²) in [5, 5.41) is 3.11. The number of hydrogen-bond acceptors (Lipinski definition) is 4. The van der Waals surface area contributed by atoms with E-state index in [2.05, 4.69) is 5.32 Å². The first-order valence-electron chi connectivity index (χ1n) is 12.2. The molecular weight excluding hydrogens is 412 g/mol. The molecule has 2 atom stereocenters. The van der Waals surface area contributed by atoms with Crippen LogP contribution in [-0.2, 0) is 9.59 Å². The fraction of sp³-hybridized carbons (Fsp3) is 0.481. The third-order valence-electron chi connectivity index (χ3n) is 7.26. The molecule has 33 heavy (non-hydrogen) atoms. The number of rotatable bonds is 7. The number of carbonyl (C=O) groups excluding carboxylic acids is 2. The Balaban J connectivity index is 1.45. The highest BCUT2D eigenvalue weighted by atomic mass is 16.2. The summed E-state index contributed by atoms with van der Waals surface area (Å²) >= 11 is 0. The van der Waals surface area contributed by atoms with Gasteiger partial charge in [-0.2, -0.15) is 0 Å². The molecule has 0 spiro atoms. The van der Waals surface area contributed by atoms with Gasteiger partial charge in [0.2, 0.25) is 11.8 Å². The van der Waals surface area contributed by atoms with Crippen LogP contribution in [-0.4, -0.2) is 47.9 Å². The van der Waals surface area contributed by atoms with Crippen molar-refractivity contribution in [3.63, 3.8) is 0 Å². The van der Waals surface area contributed by atoms with Gasteiger partial charge in [0.05, 0.1) is 6.04 Å². The lowest BCUT2D eigenvalue weighted by molar-refractivity contribution is -0.139. The van der Waals surface area contributed by atoms with Crippen molar-refractivity contribution in [2.75, 3.05) is 13.1 Å². The van der Waals surface area contributed by atoms with Crippen LogP contribution in [0.25, 0.3) is 0 Å². The molecule has 6 heteroatoms. The molecule has 0 bridgehead atoms. The molecule has 0 aromatic heterocycles. The van der Waals surface area contributed by atoms with Crippen LogP contribution in [0.4, 0.5) is 0 Å². The normalized spacial score (nSPS) is 24.0. The molecule has 2 aromatic rings. The molecular formula is C27H36N4O2. The second-order valence-electron chi connectivity index (χ2n) is 9.54. The number of carbonyl (C=O) groups is 2. The maximum Gasteiger partial charge on any atom is 0.242 e. The zero-order valence-corrected chi connectivity index (χ0v) is 19.2. The monoisotopic (exact) mass is 448 g/mol. The number of nitrogens with one attached hydrogen (secondary N) is 1. The molecule has 1 saturated heterocycles. The summed E-state index contributed by atoms with van der Waals surface area (Å²) in [7, 11) is 0. The zero-order valence-electron chi connectivity index (χ0n) is 19.2. The van der Waals surface area contributed by atoms with E-state index in [1.165, 1.54) is 0 Å². The highest BCUT2D eigenvalue weighted by Gasteiger charge is 2.39. The Morgan fingerprint density at radius 1 is 0.909 bits per heavy atom. The Morgan fingerprint density at radius 2 is 1.48 bits per heavy atom. The van der Waals surface area contributed by atoms with E-state index in [0.717, 1.165) is 43.2 Å². The van der Waals surface area contributed by atoms with Gasteiger partial charge in [0.1, 0.15) is 6.04 Å². The predicted molar refractivity (Wildman–Crippen MR) is 130 cm³/mol. The van der Waals surface area contributed by atoms with Crippen molar-refractivity contribution in [3.05, 3.63) is 71.8 Å². The average molecular weight is 449 g/mol. The number of nitrogens with zero attached hydrogens (tertiary/aromatic N) is 1. The van der Waals surface area contributed by atoms with Crippen LogP contribution in [0, 0.1) is 5.92 Å². The molecule has 1 aliphatic heterocycles. The van der Waals surface area contributed by atoms with E-state index in [0.29, 0.717) is 31.5 Å². The quantitative estimate of drug-likeness (QED) is 0.606. The summed E-state index contributed by atoms with van der Waals surface area (Å²) in [6, 6.07) is 18.9. The molecule has 1 unspecified atom stereocenters. The van der Waals surface area contributed by atoms with Gasteiger partial charge in [-0.05, 0) is 55.6 Å². The highest BCUT2D eigenvalue weighted by Crippen LogP contribution is 2.30. The standard InChI is InChI=1S/C27H36N4O2/c28-22-15-13-19(14-16-22)18-30-26(32)23-12-7-17-31(23)27(33)25(29)24(20-8-3-1-4-9-20)21-10-5-2-6-11-21/h1-6,8-11,19,22-25H,7,12-18,28-29H2,(H,30,32)/t19?,22?,23-,25?/m0/s1. The summed E-state index contributed by atoms with van der Waals surface area (Å²) < 4.78 is 0. The van der Waals surface area contributed by atoms with Crippen molar-refractivity contribution in [1.82, 2.24) is 10.2 Å². The SMILES string of the molecule is NC1CCC(CNC(=O)[C@@H]2CCCN2C(=O)C(N)C(c2ccccc2)c2ccccc2)CC1. The van der Waals surface area contributed by atoms with Gasteiger partial charge in [0, 0.05) is 25.0 Å². The smallest absolute Gasteiger partial charge is 0.242 e. The minimum Gasteiger partial charge on any atom is -0.354 e. The molecule has 5 N–H and O–H groups in total. The summed E-state index contributed by atoms with van der Waals surface area (Å²) in [5.41, 5.74) is 14.6. The van der Waals surface area contributed by atoms with Gasteiger partial charge in [0.25, 0.3) is 0 Å². The van der Waals surface area contributed by atoms with E-state index in [1.54, 1.807) is 4.90 Å².